The summed E-state index contributed by atoms with van der Waals surface area (Å²) in [7, 11) is 0. The van der Waals surface area contributed by atoms with Gasteiger partial charge >= 0.3 is 0 Å². The second-order valence-electron chi connectivity index (χ2n) is 6.16. The maximum atomic E-state index is 12.9. The highest BCUT2D eigenvalue weighted by Crippen LogP contribution is 2.40. The first kappa shape index (κ1) is 12.9. The summed E-state index contributed by atoms with van der Waals surface area (Å²) < 4.78 is 5.76. The predicted molar refractivity (Wildman–Crippen MR) is 70.2 cm³/mol. The largest absolute Gasteiger partial charge is 0.374 e. The zero-order valence-electron chi connectivity index (χ0n) is 11.4. The number of carbonyl (C=O) groups excluding carboxylic acids is 1. The van der Waals surface area contributed by atoms with E-state index in [4.69, 9.17) is 4.74 Å². The summed E-state index contributed by atoms with van der Waals surface area (Å²) >= 11 is 0. The molecule has 3 fully saturated rings. The fourth-order valence-electron chi connectivity index (χ4n) is 3.98. The molecule has 3 rings (SSSR count). The van der Waals surface area contributed by atoms with E-state index in [1.807, 2.05) is 4.90 Å². The topological polar surface area (TPSA) is 53.3 Å². The van der Waals surface area contributed by atoms with Crippen LogP contribution in [0.4, 0.5) is 0 Å². The highest BCUT2D eigenvalue weighted by molar-refractivity contribution is 5.86. The molecule has 1 heterocycles. The zero-order valence-corrected chi connectivity index (χ0v) is 11.4. The van der Waals surface area contributed by atoms with Gasteiger partial charge < -0.3 is 9.64 Å². The first-order valence-corrected chi connectivity index (χ1v) is 7.61. The van der Waals surface area contributed by atoms with Gasteiger partial charge in [-0.2, -0.15) is 5.26 Å². The number of amides is 1. The van der Waals surface area contributed by atoms with Gasteiger partial charge in [0.1, 0.15) is 5.41 Å². The maximum Gasteiger partial charge on any atom is 0.243 e. The summed E-state index contributed by atoms with van der Waals surface area (Å²) in [5, 5.41) is 9.55. The third-order valence-corrected chi connectivity index (χ3v) is 5.07. The van der Waals surface area contributed by atoms with Gasteiger partial charge in [-0.25, -0.2) is 0 Å². The standard InChI is InChI=1S/C15H22N2O2/c16-11-15(7-2-1-3-8-15)14(18)17-9-10-19-13-6-4-5-12(13)17/h12-13H,1-10H2. The Morgan fingerprint density at radius 1 is 1.21 bits per heavy atom. The molecule has 2 aliphatic carbocycles. The van der Waals surface area contributed by atoms with Crippen molar-refractivity contribution in [1.82, 2.24) is 4.90 Å². The molecule has 104 valence electrons. The normalized spacial score (nSPS) is 33.5. The number of morpholine rings is 1. The molecule has 3 aliphatic rings. The van der Waals surface area contributed by atoms with Crippen LogP contribution in [0.2, 0.25) is 0 Å². The van der Waals surface area contributed by atoms with Crippen molar-refractivity contribution < 1.29 is 9.53 Å². The van der Waals surface area contributed by atoms with Crippen molar-refractivity contribution in [3.8, 4) is 6.07 Å². The lowest BCUT2D eigenvalue weighted by Gasteiger charge is -2.42. The summed E-state index contributed by atoms with van der Waals surface area (Å²) in [5.41, 5.74) is -0.733. The highest BCUT2D eigenvalue weighted by Gasteiger charge is 2.47. The molecule has 2 unspecified atom stereocenters. The Labute approximate surface area is 114 Å². The van der Waals surface area contributed by atoms with Crippen LogP contribution in [0.5, 0.6) is 0 Å². The summed E-state index contributed by atoms with van der Waals surface area (Å²) in [6.07, 6.45) is 8.14. The number of fused-ring (bicyclic) bond motifs is 1. The van der Waals surface area contributed by atoms with Crippen LogP contribution in [-0.4, -0.2) is 36.1 Å². The maximum absolute atomic E-state index is 12.9. The first-order valence-electron chi connectivity index (χ1n) is 7.61. The number of rotatable bonds is 1. The van der Waals surface area contributed by atoms with Gasteiger partial charge in [-0.1, -0.05) is 19.3 Å². The third-order valence-electron chi connectivity index (χ3n) is 5.07. The van der Waals surface area contributed by atoms with Crippen LogP contribution in [0.3, 0.4) is 0 Å². The van der Waals surface area contributed by atoms with E-state index in [9.17, 15) is 10.1 Å². The van der Waals surface area contributed by atoms with Crippen molar-refractivity contribution >= 4 is 5.91 Å². The molecule has 4 nitrogen and oxygen atoms in total. The molecule has 1 aliphatic heterocycles. The van der Waals surface area contributed by atoms with Gasteiger partial charge in [-0.05, 0) is 32.1 Å². The van der Waals surface area contributed by atoms with E-state index in [1.54, 1.807) is 0 Å². The zero-order chi connectivity index (χ0) is 13.3. The minimum absolute atomic E-state index is 0.0925. The van der Waals surface area contributed by atoms with E-state index in [0.29, 0.717) is 13.2 Å². The Balaban J connectivity index is 1.80. The summed E-state index contributed by atoms with van der Waals surface area (Å²) in [4.78, 5) is 14.9. The van der Waals surface area contributed by atoms with Gasteiger partial charge in [0, 0.05) is 6.54 Å². The molecule has 1 saturated heterocycles. The van der Waals surface area contributed by atoms with E-state index in [2.05, 4.69) is 6.07 Å². The smallest absolute Gasteiger partial charge is 0.243 e. The molecule has 0 radical (unpaired) electrons. The Morgan fingerprint density at radius 3 is 2.74 bits per heavy atom. The van der Waals surface area contributed by atoms with Gasteiger partial charge in [-0.15, -0.1) is 0 Å². The number of nitrogens with zero attached hydrogens (tertiary/aromatic N) is 2. The van der Waals surface area contributed by atoms with Crippen LogP contribution >= 0.6 is 0 Å². The van der Waals surface area contributed by atoms with Gasteiger partial charge in [0.25, 0.3) is 0 Å². The Hall–Kier alpha value is -1.08. The number of carbonyl (C=O) groups is 1. The van der Waals surface area contributed by atoms with Crippen molar-refractivity contribution in [2.75, 3.05) is 13.2 Å². The summed E-state index contributed by atoms with van der Waals surface area (Å²) in [6, 6.07) is 2.59. The van der Waals surface area contributed by atoms with E-state index in [1.165, 1.54) is 0 Å². The quantitative estimate of drug-likeness (QED) is 0.728. The lowest BCUT2D eigenvalue weighted by molar-refractivity contribution is -0.153. The number of nitriles is 1. The average Bonchev–Trinajstić information content (AvgIpc) is 2.95. The first-order chi connectivity index (χ1) is 9.27. The summed E-state index contributed by atoms with van der Waals surface area (Å²) in [5.74, 6) is 0.0925. The predicted octanol–water partition coefficient (Wildman–Crippen LogP) is 2.24. The number of hydrogen-bond donors (Lipinski definition) is 0. The van der Waals surface area contributed by atoms with Gasteiger partial charge in [0.05, 0.1) is 24.8 Å². The van der Waals surface area contributed by atoms with Crippen molar-refractivity contribution in [2.45, 2.75) is 63.5 Å². The Kier molecular flexibility index (Phi) is 3.49. The van der Waals surface area contributed by atoms with Gasteiger partial charge in [0.15, 0.2) is 0 Å². The lowest BCUT2D eigenvalue weighted by Crippen LogP contribution is -2.56. The molecule has 2 atom stereocenters. The Bertz CT molecular complexity index is 395. The highest BCUT2D eigenvalue weighted by atomic mass is 16.5. The molecule has 0 aromatic rings. The van der Waals surface area contributed by atoms with Gasteiger partial charge in [0.2, 0.25) is 5.91 Å². The molecule has 19 heavy (non-hydrogen) atoms. The second-order valence-corrected chi connectivity index (χ2v) is 6.16. The van der Waals surface area contributed by atoms with E-state index in [-0.39, 0.29) is 18.1 Å². The molecule has 0 spiro atoms. The monoisotopic (exact) mass is 262 g/mol. The fraction of sp³-hybridized carbons (Fsp3) is 0.867. The average molecular weight is 262 g/mol. The van der Waals surface area contributed by atoms with Crippen molar-refractivity contribution in [3.05, 3.63) is 0 Å². The molecular weight excluding hydrogens is 240 g/mol. The third kappa shape index (κ3) is 2.14. The molecule has 2 saturated carbocycles. The molecule has 4 heteroatoms. The van der Waals surface area contributed by atoms with Crippen molar-refractivity contribution in [1.29, 1.82) is 5.26 Å². The van der Waals surface area contributed by atoms with Crippen molar-refractivity contribution in [2.24, 2.45) is 5.41 Å². The second kappa shape index (κ2) is 5.13. The minimum Gasteiger partial charge on any atom is -0.374 e. The molecule has 0 aromatic heterocycles. The van der Waals surface area contributed by atoms with Crippen LogP contribution in [0.15, 0.2) is 0 Å². The number of hydrogen-bond acceptors (Lipinski definition) is 3. The van der Waals surface area contributed by atoms with Crippen molar-refractivity contribution in [3.63, 3.8) is 0 Å². The van der Waals surface area contributed by atoms with E-state index in [0.717, 1.165) is 51.4 Å². The van der Waals surface area contributed by atoms with Crippen LogP contribution in [0.25, 0.3) is 0 Å². The van der Waals surface area contributed by atoms with Crippen LogP contribution < -0.4 is 0 Å². The van der Waals surface area contributed by atoms with E-state index >= 15 is 0 Å². The van der Waals surface area contributed by atoms with Crippen LogP contribution in [0, 0.1) is 16.7 Å². The van der Waals surface area contributed by atoms with Crippen LogP contribution in [0.1, 0.15) is 51.4 Å². The Morgan fingerprint density at radius 2 is 2.00 bits per heavy atom. The van der Waals surface area contributed by atoms with Crippen LogP contribution in [-0.2, 0) is 9.53 Å². The molecule has 0 N–H and O–H groups in total. The fourth-order valence-corrected chi connectivity index (χ4v) is 3.98. The SMILES string of the molecule is N#CC1(C(=O)N2CCOC3CCCC32)CCCCC1. The molecule has 0 aromatic carbocycles. The van der Waals surface area contributed by atoms with E-state index < -0.39 is 5.41 Å². The minimum atomic E-state index is -0.733. The molecular formula is C15H22N2O2. The molecule has 1 amide bonds. The summed E-state index contributed by atoms with van der Waals surface area (Å²) in [6.45, 7) is 1.30. The van der Waals surface area contributed by atoms with Gasteiger partial charge in [-0.3, -0.25) is 4.79 Å². The molecule has 0 bridgehead atoms. The lowest BCUT2D eigenvalue weighted by atomic mass is 9.74. The number of ether oxygens (including phenoxy) is 1.